The van der Waals surface area contributed by atoms with Crippen LogP contribution in [0.1, 0.15) is 155 Å². The van der Waals surface area contributed by atoms with Gasteiger partial charge in [-0.2, -0.15) is 0 Å². The number of quaternary nitrogens is 1. The van der Waals surface area contributed by atoms with Crippen molar-refractivity contribution in [3.8, 4) is 0 Å². The SMILES string of the molecule is CC/C=C\C/C=C\C/C=C\C/C=C\CCCCC(=O)O[C@H](COCCCCCCCCCCCCCCCC)COP(=O)([O-])OCC[N+](C)(C)C. The molecule has 0 saturated heterocycles. The molecule has 0 rings (SSSR count). The molecule has 0 aliphatic carbocycles. The maximum absolute atomic E-state index is 12.6. The van der Waals surface area contributed by atoms with Gasteiger partial charge in [0.15, 0.2) is 0 Å². The number of carbonyl (C=O) groups is 1. The molecule has 298 valence electrons. The number of esters is 1. The third-order valence-electron chi connectivity index (χ3n) is 8.39. The predicted octanol–water partition coefficient (Wildman–Crippen LogP) is 11.0. The third kappa shape index (κ3) is 39.5. The van der Waals surface area contributed by atoms with Crippen LogP contribution in [0.2, 0.25) is 0 Å². The monoisotopic (exact) mass is 740 g/mol. The Morgan fingerprint density at radius 1 is 0.627 bits per heavy atom. The van der Waals surface area contributed by atoms with E-state index in [1.54, 1.807) is 0 Å². The lowest BCUT2D eigenvalue weighted by Crippen LogP contribution is -2.37. The van der Waals surface area contributed by atoms with E-state index in [1.165, 1.54) is 77.0 Å². The van der Waals surface area contributed by atoms with Crippen LogP contribution in [-0.4, -0.2) is 70.7 Å². The molecule has 0 fully saturated rings. The molecule has 0 aromatic carbocycles. The number of rotatable bonds is 37. The fourth-order valence-electron chi connectivity index (χ4n) is 5.24. The second-order valence-corrected chi connectivity index (χ2v) is 16.0. The molecule has 0 heterocycles. The first-order valence-corrected chi connectivity index (χ1v) is 21.8. The van der Waals surface area contributed by atoms with Gasteiger partial charge >= 0.3 is 5.97 Å². The zero-order chi connectivity index (χ0) is 37.7. The van der Waals surface area contributed by atoms with Crippen molar-refractivity contribution in [2.24, 2.45) is 0 Å². The molecule has 51 heavy (non-hydrogen) atoms. The largest absolute Gasteiger partial charge is 0.756 e. The molecule has 2 atom stereocenters. The Bertz CT molecular complexity index is 957. The van der Waals surface area contributed by atoms with Gasteiger partial charge < -0.3 is 27.9 Å². The van der Waals surface area contributed by atoms with Gasteiger partial charge in [-0.25, -0.2) is 0 Å². The number of likely N-dealkylation sites (N-methyl/N-ethyl adjacent to an activating group) is 1. The summed E-state index contributed by atoms with van der Waals surface area (Å²) in [7, 11) is 1.33. The van der Waals surface area contributed by atoms with Crippen LogP contribution >= 0.6 is 7.82 Å². The van der Waals surface area contributed by atoms with Crippen LogP contribution < -0.4 is 4.89 Å². The Kier molecular flexibility index (Phi) is 34.4. The normalized spacial score (nSPS) is 14.4. The predicted molar refractivity (Wildman–Crippen MR) is 213 cm³/mol. The minimum absolute atomic E-state index is 0.0175. The van der Waals surface area contributed by atoms with E-state index in [9.17, 15) is 14.3 Å². The molecule has 0 bridgehead atoms. The maximum atomic E-state index is 12.6. The van der Waals surface area contributed by atoms with E-state index in [2.05, 4.69) is 62.5 Å². The Balaban J connectivity index is 4.35. The molecule has 8 nitrogen and oxygen atoms in total. The first kappa shape index (κ1) is 49.5. The highest BCUT2D eigenvalue weighted by Crippen LogP contribution is 2.38. The fraction of sp³-hybridized carbons (Fsp3) is 0.786. The van der Waals surface area contributed by atoms with Crippen LogP contribution in [-0.2, 0) is 27.9 Å². The summed E-state index contributed by atoms with van der Waals surface area (Å²) in [6, 6.07) is 0. The number of phosphoric acid groups is 1. The summed E-state index contributed by atoms with van der Waals surface area (Å²) < 4.78 is 34.5. The van der Waals surface area contributed by atoms with E-state index in [1.807, 2.05) is 21.1 Å². The molecule has 0 spiro atoms. The summed E-state index contributed by atoms with van der Waals surface area (Å²) in [6.07, 6.45) is 41.2. The minimum atomic E-state index is -4.53. The summed E-state index contributed by atoms with van der Waals surface area (Å²) in [4.78, 5) is 25.0. The number of allylic oxidation sites excluding steroid dienone is 8. The highest BCUT2D eigenvalue weighted by atomic mass is 31.2. The number of nitrogens with zero attached hydrogens (tertiary/aromatic N) is 1. The molecule has 0 saturated carbocycles. The third-order valence-corrected chi connectivity index (χ3v) is 9.36. The minimum Gasteiger partial charge on any atom is -0.756 e. The van der Waals surface area contributed by atoms with Gasteiger partial charge in [0.05, 0.1) is 34.4 Å². The van der Waals surface area contributed by atoms with E-state index < -0.39 is 13.9 Å². The molecule has 0 aromatic heterocycles. The van der Waals surface area contributed by atoms with Crippen LogP contribution in [0.25, 0.3) is 0 Å². The van der Waals surface area contributed by atoms with Gasteiger partial charge in [-0.05, 0) is 51.4 Å². The van der Waals surface area contributed by atoms with Crippen molar-refractivity contribution in [3.63, 3.8) is 0 Å². The lowest BCUT2D eigenvalue weighted by molar-refractivity contribution is -0.870. The number of ether oxygens (including phenoxy) is 2. The molecular formula is C42H78NO7P. The zero-order valence-corrected chi connectivity index (χ0v) is 34.4. The molecular weight excluding hydrogens is 661 g/mol. The molecule has 9 heteroatoms. The van der Waals surface area contributed by atoms with Gasteiger partial charge in [-0.3, -0.25) is 9.36 Å². The van der Waals surface area contributed by atoms with Crippen LogP contribution in [0.15, 0.2) is 48.6 Å². The van der Waals surface area contributed by atoms with Gasteiger partial charge in [-0.1, -0.05) is 146 Å². The standard InChI is InChI=1S/C42H78NO7P/c1-6-8-10-12-14-16-18-20-22-23-25-27-29-31-33-35-42(44)50-41(40-49-51(45,46)48-38-36-43(3,4)5)39-47-37-34-32-30-28-26-24-21-19-17-15-13-11-9-7-2/h8,10,14,16,20,22,25,27,41H,6-7,9,11-13,15,17-19,21,23-24,26,28-40H2,1-5H3/b10-8-,16-14-,22-20-,27-25-/t41-/m1/s1. The van der Waals surface area contributed by atoms with Crippen LogP contribution in [0.4, 0.5) is 0 Å². The molecule has 0 aromatic rings. The summed E-state index contributed by atoms with van der Waals surface area (Å²) in [5.74, 6) is -0.375. The van der Waals surface area contributed by atoms with E-state index in [0.29, 0.717) is 24.1 Å². The smallest absolute Gasteiger partial charge is 0.306 e. The van der Waals surface area contributed by atoms with Crippen LogP contribution in [0, 0.1) is 0 Å². The quantitative estimate of drug-likeness (QED) is 0.0206. The van der Waals surface area contributed by atoms with Crippen LogP contribution in [0.3, 0.4) is 0 Å². The summed E-state index contributed by atoms with van der Waals surface area (Å²) >= 11 is 0. The maximum Gasteiger partial charge on any atom is 0.306 e. The zero-order valence-electron chi connectivity index (χ0n) is 33.5. The van der Waals surface area contributed by atoms with Gasteiger partial charge in [0, 0.05) is 13.0 Å². The van der Waals surface area contributed by atoms with Crippen molar-refractivity contribution in [2.75, 3.05) is 54.1 Å². The second-order valence-electron chi connectivity index (χ2n) is 14.6. The average molecular weight is 740 g/mol. The molecule has 0 N–H and O–H groups in total. The van der Waals surface area contributed by atoms with Crippen molar-refractivity contribution < 1.29 is 37.3 Å². The first-order chi connectivity index (χ1) is 24.6. The Hall–Kier alpha value is -1.54. The van der Waals surface area contributed by atoms with Crippen molar-refractivity contribution in [1.82, 2.24) is 0 Å². The van der Waals surface area contributed by atoms with Crippen molar-refractivity contribution in [3.05, 3.63) is 48.6 Å². The number of hydrogen-bond acceptors (Lipinski definition) is 7. The first-order valence-electron chi connectivity index (χ1n) is 20.4. The van der Waals surface area contributed by atoms with E-state index >= 15 is 0 Å². The number of unbranched alkanes of at least 4 members (excludes halogenated alkanes) is 15. The van der Waals surface area contributed by atoms with E-state index in [0.717, 1.165) is 51.4 Å². The Morgan fingerprint density at radius 3 is 1.67 bits per heavy atom. The second kappa shape index (κ2) is 35.5. The number of phosphoric ester groups is 1. The van der Waals surface area contributed by atoms with E-state index in [4.69, 9.17) is 18.5 Å². The topological polar surface area (TPSA) is 94.1 Å². The highest BCUT2D eigenvalue weighted by molar-refractivity contribution is 7.45. The van der Waals surface area contributed by atoms with Gasteiger partial charge in [-0.15, -0.1) is 0 Å². The van der Waals surface area contributed by atoms with Gasteiger partial charge in [0.25, 0.3) is 7.82 Å². The Labute approximate surface area is 314 Å². The number of carbonyl (C=O) groups excluding carboxylic acids is 1. The summed E-state index contributed by atoms with van der Waals surface area (Å²) in [6.45, 7) is 5.24. The lowest BCUT2D eigenvalue weighted by Gasteiger charge is -2.28. The van der Waals surface area contributed by atoms with E-state index in [-0.39, 0.29) is 32.2 Å². The number of hydrogen-bond donors (Lipinski definition) is 0. The molecule has 0 aliphatic heterocycles. The van der Waals surface area contributed by atoms with Gasteiger partial charge in [0.2, 0.25) is 0 Å². The highest BCUT2D eigenvalue weighted by Gasteiger charge is 2.20. The average Bonchev–Trinajstić information content (AvgIpc) is 3.08. The van der Waals surface area contributed by atoms with Crippen molar-refractivity contribution >= 4 is 13.8 Å². The molecule has 1 unspecified atom stereocenters. The Morgan fingerprint density at radius 2 is 1.14 bits per heavy atom. The molecule has 0 aliphatic rings. The molecule has 0 amide bonds. The molecule has 0 radical (unpaired) electrons. The van der Waals surface area contributed by atoms with Crippen LogP contribution in [0.5, 0.6) is 0 Å². The van der Waals surface area contributed by atoms with Crippen molar-refractivity contribution in [2.45, 2.75) is 161 Å². The summed E-state index contributed by atoms with van der Waals surface area (Å²) in [5.41, 5.74) is 0. The lowest BCUT2D eigenvalue weighted by atomic mass is 10.0. The van der Waals surface area contributed by atoms with Gasteiger partial charge in [0.1, 0.15) is 19.3 Å². The summed E-state index contributed by atoms with van der Waals surface area (Å²) in [5, 5.41) is 0. The fourth-order valence-corrected chi connectivity index (χ4v) is 5.97. The van der Waals surface area contributed by atoms with Crippen molar-refractivity contribution in [1.29, 1.82) is 0 Å².